The summed E-state index contributed by atoms with van der Waals surface area (Å²) < 4.78 is 13.8. The molecule has 0 bridgehead atoms. The molecular weight excluding hydrogens is 329 g/mol. The molecule has 0 aliphatic heterocycles. The van der Waals surface area contributed by atoms with Crippen molar-refractivity contribution in [3.63, 3.8) is 0 Å². The van der Waals surface area contributed by atoms with Crippen molar-refractivity contribution in [2.45, 2.75) is 13.0 Å². The van der Waals surface area contributed by atoms with Crippen LogP contribution in [-0.2, 0) is 13.0 Å². The molecule has 0 spiro atoms. The molecule has 2 N–H and O–H groups in total. The number of aliphatic imine (C=N–C) groups is 1. The number of benzene rings is 1. The highest BCUT2D eigenvalue weighted by Crippen LogP contribution is 2.09. The van der Waals surface area contributed by atoms with Crippen LogP contribution in [0.15, 0.2) is 41.5 Å². The lowest BCUT2D eigenvalue weighted by Gasteiger charge is -2.12. The Kier molecular flexibility index (Phi) is 6.52. The van der Waals surface area contributed by atoms with E-state index in [-0.39, 0.29) is 6.54 Å². The first-order valence-corrected chi connectivity index (χ1v) is 7.73. The molecule has 0 saturated heterocycles. The van der Waals surface area contributed by atoms with E-state index in [2.05, 4.69) is 20.6 Å². The highest BCUT2D eigenvalue weighted by atomic mass is 35.5. The van der Waals surface area contributed by atoms with Crippen LogP contribution in [0.25, 0.3) is 0 Å². The number of pyridine rings is 1. The first kappa shape index (κ1) is 17.7. The van der Waals surface area contributed by atoms with Crippen LogP contribution >= 0.6 is 11.6 Å². The Morgan fingerprint density at radius 3 is 2.79 bits per heavy atom. The maximum absolute atomic E-state index is 13.8. The predicted molar refractivity (Wildman–Crippen MR) is 92.3 cm³/mol. The van der Waals surface area contributed by atoms with Gasteiger partial charge in [0, 0.05) is 31.9 Å². The lowest BCUT2D eigenvalue weighted by Crippen LogP contribution is -2.38. The highest BCUT2D eigenvalue weighted by molar-refractivity contribution is 6.29. The van der Waals surface area contributed by atoms with Crippen molar-refractivity contribution in [2.24, 2.45) is 4.99 Å². The fraction of sp³-hybridized carbons (Fsp3) is 0.235. The van der Waals surface area contributed by atoms with Crippen molar-refractivity contribution in [3.05, 3.63) is 64.2 Å². The second kappa shape index (κ2) is 8.85. The van der Waals surface area contributed by atoms with Crippen molar-refractivity contribution in [1.82, 2.24) is 15.6 Å². The van der Waals surface area contributed by atoms with Gasteiger partial charge in [0.15, 0.2) is 5.96 Å². The van der Waals surface area contributed by atoms with E-state index >= 15 is 0 Å². The fourth-order valence-corrected chi connectivity index (χ4v) is 2.15. The van der Waals surface area contributed by atoms with E-state index in [1.165, 1.54) is 6.07 Å². The fourth-order valence-electron chi connectivity index (χ4n) is 2.04. The van der Waals surface area contributed by atoms with Crippen molar-refractivity contribution in [1.29, 1.82) is 5.26 Å². The summed E-state index contributed by atoms with van der Waals surface area (Å²) >= 11 is 5.75. The van der Waals surface area contributed by atoms with E-state index < -0.39 is 5.82 Å². The number of hydrogen-bond acceptors (Lipinski definition) is 3. The molecule has 7 heteroatoms. The first-order valence-electron chi connectivity index (χ1n) is 7.36. The van der Waals surface area contributed by atoms with Gasteiger partial charge in [0.2, 0.25) is 0 Å². The Labute approximate surface area is 145 Å². The van der Waals surface area contributed by atoms with Gasteiger partial charge < -0.3 is 10.6 Å². The summed E-state index contributed by atoms with van der Waals surface area (Å²) in [5.41, 5.74) is 1.83. The quantitative estimate of drug-likeness (QED) is 0.496. The van der Waals surface area contributed by atoms with Gasteiger partial charge in [0.25, 0.3) is 0 Å². The highest BCUT2D eigenvalue weighted by Gasteiger charge is 2.05. The number of nitriles is 1. The smallest absolute Gasteiger partial charge is 0.191 e. The van der Waals surface area contributed by atoms with Gasteiger partial charge in [0.05, 0.1) is 11.6 Å². The largest absolute Gasteiger partial charge is 0.356 e. The van der Waals surface area contributed by atoms with Gasteiger partial charge in [-0.2, -0.15) is 5.26 Å². The van der Waals surface area contributed by atoms with E-state index in [4.69, 9.17) is 16.9 Å². The predicted octanol–water partition coefficient (Wildman–Crippen LogP) is 2.65. The van der Waals surface area contributed by atoms with E-state index in [1.807, 2.05) is 12.1 Å². The van der Waals surface area contributed by atoms with Gasteiger partial charge in [-0.15, -0.1) is 0 Å². The molecule has 0 radical (unpaired) electrons. The molecule has 0 fully saturated rings. The van der Waals surface area contributed by atoms with Gasteiger partial charge >= 0.3 is 0 Å². The Morgan fingerprint density at radius 2 is 2.17 bits per heavy atom. The summed E-state index contributed by atoms with van der Waals surface area (Å²) in [4.78, 5) is 8.12. The Morgan fingerprint density at radius 1 is 1.33 bits per heavy atom. The maximum atomic E-state index is 13.8. The van der Waals surface area contributed by atoms with Crippen LogP contribution in [0.4, 0.5) is 4.39 Å². The molecule has 0 aliphatic carbocycles. The molecule has 1 aromatic carbocycles. The minimum Gasteiger partial charge on any atom is -0.356 e. The molecule has 1 heterocycles. The summed E-state index contributed by atoms with van der Waals surface area (Å²) in [7, 11) is 1.65. The topological polar surface area (TPSA) is 73.1 Å². The lowest BCUT2D eigenvalue weighted by molar-refractivity contribution is 0.604. The summed E-state index contributed by atoms with van der Waals surface area (Å²) in [5.74, 6) is 0.157. The maximum Gasteiger partial charge on any atom is 0.191 e. The zero-order valence-corrected chi connectivity index (χ0v) is 13.9. The molecule has 124 valence electrons. The molecule has 2 rings (SSSR count). The van der Waals surface area contributed by atoms with Crippen LogP contribution < -0.4 is 10.6 Å². The van der Waals surface area contributed by atoms with Crippen LogP contribution in [0.3, 0.4) is 0 Å². The van der Waals surface area contributed by atoms with Gasteiger partial charge in [0.1, 0.15) is 11.0 Å². The van der Waals surface area contributed by atoms with Crippen LogP contribution in [0, 0.1) is 17.1 Å². The molecule has 0 amide bonds. The Hall–Kier alpha value is -2.65. The average molecular weight is 346 g/mol. The van der Waals surface area contributed by atoms with Crippen molar-refractivity contribution >= 4 is 17.6 Å². The zero-order valence-electron chi connectivity index (χ0n) is 13.2. The van der Waals surface area contributed by atoms with Crippen LogP contribution in [0.1, 0.15) is 16.7 Å². The number of nitrogens with zero attached hydrogens (tertiary/aromatic N) is 3. The molecule has 0 atom stereocenters. The molecule has 1 aromatic heterocycles. The lowest BCUT2D eigenvalue weighted by atomic mass is 10.1. The van der Waals surface area contributed by atoms with E-state index in [9.17, 15) is 4.39 Å². The number of nitrogens with one attached hydrogen (secondary N) is 2. The van der Waals surface area contributed by atoms with Gasteiger partial charge in [-0.3, -0.25) is 4.99 Å². The van der Waals surface area contributed by atoms with Crippen LogP contribution in [-0.4, -0.2) is 24.5 Å². The van der Waals surface area contributed by atoms with Crippen LogP contribution in [0.2, 0.25) is 5.15 Å². The van der Waals surface area contributed by atoms with Crippen molar-refractivity contribution in [2.75, 3.05) is 13.6 Å². The van der Waals surface area contributed by atoms with E-state index in [1.54, 1.807) is 31.4 Å². The summed E-state index contributed by atoms with van der Waals surface area (Å²) in [6, 6.07) is 9.97. The zero-order chi connectivity index (χ0) is 17.4. The molecule has 2 aromatic rings. The summed E-state index contributed by atoms with van der Waals surface area (Å²) in [6.07, 6.45) is 2.49. The van der Waals surface area contributed by atoms with Gasteiger partial charge in [-0.05, 0) is 30.2 Å². The normalized spacial score (nSPS) is 11.0. The van der Waals surface area contributed by atoms with Gasteiger partial charge in [-0.25, -0.2) is 9.37 Å². The number of halogens is 2. The Bertz CT molecular complexity index is 753. The second-order valence-corrected chi connectivity index (χ2v) is 5.40. The molecule has 0 aliphatic rings. The number of rotatable bonds is 5. The van der Waals surface area contributed by atoms with Crippen molar-refractivity contribution < 1.29 is 4.39 Å². The second-order valence-electron chi connectivity index (χ2n) is 5.01. The molecule has 5 nitrogen and oxygen atoms in total. The number of aromatic nitrogens is 1. The first-order chi connectivity index (χ1) is 11.6. The third-order valence-electron chi connectivity index (χ3n) is 3.35. The summed E-state index contributed by atoms with van der Waals surface area (Å²) in [5, 5.41) is 15.4. The molecule has 24 heavy (non-hydrogen) atoms. The number of hydrogen-bond donors (Lipinski definition) is 2. The SMILES string of the molecule is CN=C(NCCc1ccc(Cl)nc1)NCc1ccc(C#N)cc1F. The minimum atomic E-state index is -0.413. The summed E-state index contributed by atoms with van der Waals surface area (Å²) in [6.45, 7) is 0.929. The van der Waals surface area contributed by atoms with E-state index in [0.717, 1.165) is 12.0 Å². The molecular formula is C17H17ClFN5. The monoisotopic (exact) mass is 345 g/mol. The van der Waals surface area contributed by atoms with E-state index in [0.29, 0.717) is 28.8 Å². The standard InChI is InChI=1S/C17H17ClFN5/c1-21-17(22-7-6-12-3-5-16(18)23-10-12)24-11-14-4-2-13(9-20)8-15(14)19/h2-5,8,10H,6-7,11H2,1H3,(H2,21,22,24). The Balaban J connectivity index is 1.82. The molecule has 0 saturated carbocycles. The third-order valence-corrected chi connectivity index (χ3v) is 3.57. The van der Waals surface area contributed by atoms with Crippen LogP contribution in [0.5, 0.6) is 0 Å². The van der Waals surface area contributed by atoms with Gasteiger partial charge in [-0.1, -0.05) is 23.7 Å². The van der Waals surface area contributed by atoms with Crippen molar-refractivity contribution in [3.8, 4) is 6.07 Å². The third kappa shape index (κ3) is 5.21. The number of guanidine groups is 1. The minimum absolute atomic E-state index is 0.277. The molecule has 0 unspecified atom stereocenters. The average Bonchev–Trinajstić information content (AvgIpc) is 2.60.